The Labute approximate surface area is 94.1 Å². The van der Waals surface area contributed by atoms with Crippen LogP contribution in [0.4, 0.5) is 0 Å². The number of pyridine rings is 1. The fraction of sp³-hybridized carbons (Fsp3) is 0.231. The zero-order valence-electron chi connectivity index (χ0n) is 9.31. The van der Waals surface area contributed by atoms with Gasteiger partial charge in [-0.15, -0.1) is 0 Å². The van der Waals surface area contributed by atoms with Crippen molar-refractivity contribution in [2.75, 3.05) is 7.11 Å². The highest BCUT2D eigenvalue weighted by Crippen LogP contribution is 2.18. The van der Waals surface area contributed by atoms with Gasteiger partial charge in [-0.1, -0.05) is 24.3 Å². The highest BCUT2D eigenvalue weighted by molar-refractivity contribution is 5.81. The van der Waals surface area contributed by atoms with Crippen LogP contribution in [0, 0.1) is 0 Å². The van der Waals surface area contributed by atoms with Gasteiger partial charge in [0, 0.05) is 5.39 Å². The van der Waals surface area contributed by atoms with Crippen LogP contribution in [0.25, 0.3) is 10.9 Å². The molecule has 82 valence electrons. The second-order valence-electron chi connectivity index (χ2n) is 3.67. The van der Waals surface area contributed by atoms with E-state index in [4.69, 9.17) is 4.74 Å². The monoisotopic (exact) mass is 215 g/mol. The van der Waals surface area contributed by atoms with Crippen LogP contribution in [-0.4, -0.2) is 18.1 Å². The van der Waals surface area contributed by atoms with Gasteiger partial charge in [-0.3, -0.25) is 9.78 Å². The first kappa shape index (κ1) is 10.6. The number of carbonyl (C=O) groups is 1. The van der Waals surface area contributed by atoms with E-state index >= 15 is 0 Å². The molecule has 2 aromatic rings. The first-order chi connectivity index (χ1) is 7.72. The predicted octanol–water partition coefficient (Wildman–Crippen LogP) is 2.51. The average Bonchev–Trinajstić information content (AvgIpc) is 2.36. The Morgan fingerprint density at radius 1 is 1.25 bits per heavy atom. The van der Waals surface area contributed by atoms with Crippen molar-refractivity contribution in [3.8, 4) is 0 Å². The summed E-state index contributed by atoms with van der Waals surface area (Å²) in [5, 5.41) is 1.07. The molecule has 0 bridgehead atoms. The number of ether oxygens (including phenoxy) is 1. The molecule has 0 fully saturated rings. The number of esters is 1. The van der Waals surface area contributed by atoms with Crippen molar-refractivity contribution >= 4 is 16.9 Å². The molecule has 0 aliphatic carbocycles. The van der Waals surface area contributed by atoms with E-state index in [1.165, 1.54) is 7.11 Å². The summed E-state index contributed by atoms with van der Waals surface area (Å²) in [6.45, 7) is 1.79. The van der Waals surface area contributed by atoms with Gasteiger partial charge in [0.15, 0.2) is 0 Å². The Kier molecular flexibility index (Phi) is 2.86. The molecule has 0 amide bonds. The molecule has 1 aromatic heterocycles. The Morgan fingerprint density at radius 2 is 2.00 bits per heavy atom. The number of hydrogen-bond donors (Lipinski definition) is 0. The number of methoxy groups -OCH3 is 1. The predicted molar refractivity (Wildman–Crippen MR) is 62.2 cm³/mol. The molecule has 2 rings (SSSR count). The van der Waals surface area contributed by atoms with Crippen molar-refractivity contribution in [1.29, 1.82) is 0 Å². The minimum Gasteiger partial charge on any atom is -0.469 e. The van der Waals surface area contributed by atoms with Crippen molar-refractivity contribution in [2.24, 2.45) is 0 Å². The van der Waals surface area contributed by atoms with E-state index < -0.39 is 0 Å². The summed E-state index contributed by atoms with van der Waals surface area (Å²) in [7, 11) is 1.39. The van der Waals surface area contributed by atoms with E-state index in [-0.39, 0.29) is 11.9 Å². The topological polar surface area (TPSA) is 39.2 Å². The van der Waals surface area contributed by atoms with Crippen LogP contribution in [0.2, 0.25) is 0 Å². The molecule has 0 aliphatic heterocycles. The molecule has 3 heteroatoms. The Morgan fingerprint density at radius 3 is 2.75 bits per heavy atom. The molecule has 1 atom stereocenters. The number of rotatable bonds is 2. The number of nitrogens with zero attached hydrogens (tertiary/aromatic N) is 1. The fourth-order valence-electron chi connectivity index (χ4n) is 1.62. The fourth-order valence-corrected chi connectivity index (χ4v) is 1.62. The van der Waals surface area contributed by atoms with Gasteiger partial charge < -0.3 is 4.74 Å². The lowest BCUT2D eigenvalue weighted by Gasteiger charge is -2.09. The molecule has 16 heavy (non-hydrogen) atoms. The van der Waals surface area contributed by atoms with E-state index in [0.717, 1.165) is 16.6 Å². The van der Waals surface area contributed by atoms with Crippen molar-refractivity contribution in [1.82, 2.24) is 4.98 Å². The van der Waals surface area contributed by atoms with Gasteiger partial charge in [-0.05, 0) is 19.1 Å². The SMILES string of the molecule is COC(=O)[C@@H](C)c1ccc2ccccc2n1. The first-order valence-corrected chi connectivity index (χ1v) is 5.16. The third-order valence-electron chi connectivity index (χ3n) is 2.62. The third-order valence-corrected chi connectivity index (χ3v) is 2.62. The summed E-state index contributed by atoms with van der Waals surface area (Å²) < 4.78 is 4.70. The standard InChI is InChI=1S/C13H13NO2/c1-9(13(15)16-2)11-8-7-10-5-3-4-6-12(10)14-11/h3-9H,1-2H3/t9-/m0/s1. The molecule has 0 saturated carbocycles. The zero-order chi connectivity index (χ0) is 11.5. The third kappa shape index (κ3) is 1.89. The quantitative estimate of drug-likeness (QED) is 0.722. The molecule has 0 spiro atoms. The summed E-state index contributed by atoms with van der Waals surface area (Å²) in [6.07, 6.45) is 0. The average molecular weight is 215 g/mol. The summed E-state index contributed by atoms with van der Waals surface area (Å²) in [6, 6.07) is 11.7. The van der Waals surface area contributed by atoms with Crippen LogP contribution >= 0.6 is 0 Å². The van der Waals surface area contributed by atoms with Crippen LogP contribution < -0.4 is 0 Å². The van der Waals surface area contributed by atoms with E-state index in [9.17, 15) is 4.79 Å². The second-order valence-corrected chi connectivity index (χ2v) is 3.67. The zero-order valence-corrected chi connectivity index (χ0v) is 9.31. The molecule has 0 unspecified atom stereocenters. The maximum atomic E-state index is 11.4. The molecule has 1 aromatic carbocycles. The molecule has 0 radical (unpaired) electrons. The molecule has 1 heterocycles. The summed E-state index contributed by atoms with van der Waals surface area (Å²) in [5.74, 6) is -0.586. The number of aromatic nitrogens is 1. The number of carbonyl (C=O) groups excluding carboxylic acids is 1. The van der Waals surface area contributed by atoms with Gasteiger partial charge in [0.25, 0.3) is 0 Å². The van der Waals surface area contributed by atoms with E-state index in [1.54, 1.807) is 6.92 Å². The van der Waals surface area contributed by atoms with Gasteiger partial charge >= 0.3 is 5.97 Å². The molecule has 0 saturated heterocycles. The largest absolute Gasteiger partial charge is 0.469 e. The maximum Gasteiger partial charge on any atom is 0.314 e. The first-order valence-electron chi connectivity index (χ1n) is 5.16. The summed E-state index contributed by atoms with van der Waals surface area (Å²) in [5.41, 5.74) is 1.64. The molecule has 0 N–H and O–H groups in total. The van der Waals surface area contributed by atoms with Crippen LogP contribution in [-0.2, 0) is 9.53 Å². The van der Waals surface area contributed by atoms with E-state index in [0.29, 0.717) is 0 Å². The van der Waals surface area contributed by atoms with Crippen molar-refractivity contribution < 1.29 is 9.53 Å². The molecule has 3 nitrogen and oxygen atoms in total. The normalized spacial score (nSPS) is 12.4. The molecular weight excluding hydrogens is 202 g/mol. The van der Waals surface area contributed by atoms with Gasteiger partial charge in [0.05, 0.1) is 24.2 Å². The summed E-state index contributed by atoms with van der Waals surface area (Å²) >= 11 is 0. The van der Waals surface area contributed by atoms with Crippen molar-refractivity contribution in [3.05, 3.63) is 42.1 Å². The van der Waals surface area contributed by atoms with Gasteiger partial charge in [0.1, 0.15) is 0 Å². The van der Waals surface area contributed by atoms with Crippen molar-refractivity contribution in [3.63, 3.8) is 0 Å². The van der Waals surface area contributed by atoms with E-state index in [1.807, 2.05) is 36.4 Å². The van der Waals surface area contributed by atoms with Crippen LogP contribution in [0.5, 0.6) is 0 Å². The second kappa shape index (κ2) is 4.31. The Hall–Kier alpha value is -1.90. The Bertz CT molecular complexity index is 522. The Balaban J connectivity index is 2.43. The molecule has 0 aliphatic rings. The van der Waals surface area contributed by atoms with Crippen molar-refractivity contribution in [2.45, 2.75) is 12.8 Å². The van der Waals surface area contributed by atoms with Gasteiger partial charge in [-0.2, -0.15) is 0 Å². The number of fused-ring (bicyclic) bond motifs is 1. The lowest BCUT2D eigenvalue weighted by molar-refractivity contribution is -0.142. The van der Waals surface area contributed by atoms with Gasteiger partial charge in [-0.25, -0.2) is 0 Å². The highest BCUT2D eigenvalue weighted by Gasteiger charge is 2.16. The van der Waals surface area contributed by atoms with Crippen LogP contribution in [0.1, 0.15) is 18.5 Å². The number of benzene rings is 1. The smallest absolute Gasteiger partial charge is 0.314 e. The number of para-hydroxylation sites is 1. The highest BCUT2D eigenvalue weighted by atomic mass is 16.5. The summed E-state index contributed by atoms with van der Waals surface area (Å²) in [4.78, 5) is 15.8. The van der Waals surface area contributed by atoms with E-state index in [2.05, 4.69) is 4.98 Å². The lowest BCUT2D eigenvalue weighted by atomic mass is 10.1. The van der Waals surface area contributed by atoms with Gasteiger partial charge in [0.2, 0.25) is 0 Å². The minimum absolute atomic E-state index is 0.261. The minimum atomic E-state index is -0.324. The maximum absolute atomic E-state index is 11.4. The molecular formula is C13H13NO2. The number of hydrogen-bond acceptors (Lipinski definition) is 3. The van der Waals surface area contributed by atoms with Crippen LogP contribution in [0.15, 0.2) is 36.4 Å². The lowest BCUT2D eigenvalue weighted by Crippen LogP contribution is -2.12. The van der Waals surface area contributed by atoms with Crippen LogP contribution in [0.3, 0.4) is 0 Å².